The molecule has 0 bridgehead atoms. The molecule has 0 aliphatic carbocycles. The number of para-hydroxylation sites is 2. The van der Waals surface area contributed by atoms with E-state index >= 15 is 0 Å². The van der Waals surface area contributed by atoms with Crippen LogP contribution in [-0.2, 0) is 14.2 Å². The van der Waals surface area contributed by atoms with Crippen molar-refractivity contribution < 1.29 is 42.7 Å². The lowest BCUT2D eigenvalue weighted by Crippen LogP contribution is -2.14. The number of aldehydes is 2. The Bertz CT molecular complexity index is 897. The Morgan fingerprint density at radius 2 is 0.919 bits per heavy atom. The van der Waals surface area contributed by atoms with Crippen molar-refractivity contribution in [2.45, 2.75) is 0 Å². The summed E-state index contributed by atoms with van der Waals surface area (Å²) in [6, 6.07) is 10.2. The monoisotopic (exact) mass is 514 g/mol. The Balaban J connectivity index is 1.52. The van der Waals surface area contributed by atoms with E-state index in [1.165, 1.54) is 0 Å². The Labute approximate surface area is 217 Å². The average Bonchev–Trinajstić information content (AvgIpc) is 2.93. The number of carbonyl (C=O) groups is 2. The zero-order valence-electron chi connectivity index (χ0n) is 20.9. The van der Waals surface area contributed by atoms with Crippen LogP contribution >= 0.6 is 0 Å². The summed E-state index contributed by atoms with van der Waals surface area (Å²) in [4.78, 5) is 22.4. The largest absolute Gasteiger partial charge is 0.487 e. The highest BCUT2D eigenvalue weighted by Crippen LogP contribution is 2.31. The third-order valence-corrected chi connectivity index (χ3v) is 4.68. The van der Waals surface area contributed by atoms with E-state index in [-0.39, 0.29) is 13.2 Å². The Morgan fingerprint density at radius 1 is 0.541 bits per heavy atom. The third kappa shape index (κ3) is 10.9. The molecule has 0 saturated carbocycles. The van der Waals surface area contributed by atoms with E-state index in [0.717, 1.165) is 12.6 Å². The van der Waals surface area contributed by atoms with Gasteiger partial charge in [-0.3, -0.25) is 9.59 Å². The number of benzene rings is 2. The van der Waals surface area contributed by atoms with Crippen molar-refractivity contribution in [2.75, 3.05) is 66.1 Å². The Morgan fingerprint density at radius 3 is 1.27 bits per heavy atom. The van der Waals surface area contributed by atoms with Crippen molar-refractivity contribution >= 4 is 12.6 Å². The summed E-state index contributed by atoms with van der Waals surface area (Å²) >= 11 is 0. The summed E-state index contributed by atoms with van der Waals surface area (Å²) in [6.45, 7) is 10.7. The van der Waals surface area contributed by atoms with Crippen LogP contribution in [0.5, 0.6) is 23.0 Å². The maximum absolute atomic E-state index is 11.2. The van der Waals surface area contributed by atoms with Gasteiger partial charge in [-0.2, -0.15) is 0 Å². The second kappa shape index (κ2) is 18.6. The van der Waals surface area contributed by atoms with Crippen LogP contribution in [0.15, 0.2) is 61.7 Å². The highest BCUT2D eigenvalue weighted by molar-refractivity contribution is 5.81. The van der Waals surface area contributed by atoms with Gasteiger partial charge in [0, 0.05) is 0 Å². The molecule has 2 rings (SSSR count). The van der Waals surface area contributed by atoms with E-state index in [9.17, 15) is 9.59 Å². The normalized spacial score (nSPS) is 10.4. The van der Waals surface area contributed by atoms with Crippen LogP contribution in [0, 0.1) is 0 Å². The lowest BCUT2D eigenvalue weighted by atomic mass is 10.2. The summed E-state index contributed by atoms with van der Waals surface area (Å²) < 4.78 is 38.9. The molecule has 0 atom stereocenters. The van der Waals surface area contributed by atoms with Gasteiger partial charge in [-0.15, -0.1) is 0 Å². The number of ether oxygens (including phenoxy) is 7. The summed E-state index contributed by atoms with van der Waals surface area (Å²) in [5.74, 6) is 1.73. The molecule has 0 N–H and O–H groups in total. The molecule has 37 heavy (non-hydrogen) atoms. The summed E-state index contributed by atoms with van der Waals surface area (Å²) in [6.07, 6.45) is 4.64. The van der Waals surface area contributed by atoms with Crippen molar-refractivity contribution in [1.82, 2.24) is 0 Å². The second-order valence-electron chi connectivity index (χ2n) is 7.32. The number of carbonyl (C=O) groups excluding carboxylic acids is 2. The fourth-order valence-electron chi connectivity index (χ4n) is 3.03. The first-order chi connectivity index (χ1) is 18.2. The van der Waals surface area contributed by atoms with E-state index in [4.69, 9.17) is 33.2 Å². The molecule has 0 aliphatic rings. The topological polar surface area (TPSA) is 98.8 Å². The first-order valence-corrected chi connectivity index (χ1v) is 11.9. The zero-order valence-corrected chi connectivity index (χ0v) is 20.9. The van der Waals surface area contributed by atoms with Crippen LogP contribution in [0.1, 0.15) is 20.7 Å². The van der Waals surface area contributed by atoms with Gasteiger partial charge >= 0.3 is 0 Å². The SMILES string of the molecule is C=CCOc1c(C=O)cccc1OCCOCCOCCOCCOc1cccc(C=O)c1OCC=C. The van der Waals surface area contributed by atoms with Crippen LogP contribution in [0.25, 0.3) is 0 Å². The quantitative estimate of drug-likeness (QED) is 0.131. The molecule has 0 unspecified atom stereocenters. The molecule has 200 valence electrons. The predicted molar refractivity (Wildman–Crippen MR) is 138 cm³/mol. The molecule has 2 aromatic rings. The lowest BCUT2D eigenvalue weighted by Gasteiger charge is -2.14. The highest BCUT2D eigenvalue weighted by atomic mass is 16.6. The highest BCUT2D eigenvalue weighted by Gasteiger charge is 2.11. The minimum absolute atomic E-state index is 0.271. The first kappa shape index (κ1) is 29.6. The lowest BCUT2D eigenvalue weighted by molar-refractivity contribution is 0.00476. The molecule has 9 nitrogen and oxygen atoms in total. The van der Waals surface area contributed by atoms with E-state index in [1.807, 2.05) is 0 Å². The van der Waals surface area contributed by atoms with Crippen LogP contribution in [0.3, 0.4) is 0 Å². The smallest absolute Gasteiger partial charge is 0.172 e. The third-order valence-electron chi connectivity index (χ3n) is 4.68. The van der Waals surface area contributed by atoms with Crippen LogP contribution in [-0.4, -0.2) is 78.6 Å². The summed E-state index contributed by atoms with van der Waals surface area (Å²) in [7, 11) is 0. The fourth-order valence-corrected chi connectivity index (χ4v) is 3.03. The van der Waals surface area contributed by atoms with E-state index in [2.05, 4.69) is 13.2 Å². The molecule has 0 saturated heterocycles. The molecule has 0 fully saturated rings. The van der Waals surface area contributed by atoms with Gasteiger partial charge in [-0.1, -0.05) is 37.4 Å². The molecule has 0 radical (unpaired) electrons. The number of hydrogen-bond donors (Lipinski definition) is 0. The van der Waals surface area contributed by atoms with Crippen LogP contribution in [0.2, 0.25) is 0 Å². The average molecular weight is 515 g/mol. The zero-order chi connectivity index (χ0) is 26.6. The van der Waals surface area contributed by atoms with Gasteiger partial charge in [-0.25, -0.2) is 0 Å². The maximum atomic E-state index is 11.2. The van der Waals surface area contributed by atoms with Gasteiger partial charge in [0.05, 0.1) is 50.8 Å². The van der Waals surface area contributed by atoms with Gasteiger partial charge in [0.2, 0.25) is 0 Å². The van der Waals surface area contributed by atoms with Gasteiger partial charge in [0.25, 0.3) is 0 Å². The Hall–Kier alpha value is -3.66. The molecule has 0 amide bonds. The van der Waals surface area contributed by atoms with E-state index in [1.54, 1.807) is 48.6 Å². The molecule has 0 spiro atoms. The molecule has 0 heterocycles. The van der Waals surface area contributed by atoms with E-state index < -0.39 is 0 Å². The van der Waals surface area contributed by atoms with Gasteiger partial charge in [-0.05, 0) is 24.3 Å². The molecule has 0 aromatic heterocycles. The van der Waals surface area contributed by atoms with Crippen molar-refractivity contribution in [3.63, 3.8) is 0 Å². The van der Waals surface area contributed by atoms with Crippen molar-refractivity contribution in [2.24, 2.45) is 0 Å². The molecular formula is C28H34O9. The van der Waals surface area contributed by atoms with Crippen molar-refractivity contribution in [3.8, 4) is 23.0 Å². The van der Waals surface area contributed by atoms with Crippen molar-refractivity contribution in [3.05, 3.63) is 72.8 Å². The molecule has 2 aromatic carbocycles. The predicted octanol–water partition coefficient (Wildman–Crippen LogP) is 3.95. The molecule has 9 heteroatoms. The first-order valence-electron chi connectivity index (χ1n) is 11.9. The second-order valence-corrected chi connectivity index (χ2v) is 7.32. The van der Waals surface area contributed by atoms with Crippen molar-refractivity contribution in [1.29, 1.82) is 0 Å². The molecule has 0 aliphatic heterocycles. The van der Waals surface area contributed by atoms with Gasteiger partial charge in [0.1, 0.15) is 26.4 Å². The van der Waals surface area contributed by atoms with Gasteiger partial charge < -0.3 is 33.2 Å². The molecular weight excluding hydrogens is 480 g/mol. The Kier molecular flexibility index (Phi) is 14.9. The van der Waals surface area contributed by atoms with Crippen LogP contribution < -0.4 is 18.9 Å². The number of rotatable bonds is 22. The fraction of sp³-hybridized carbons (Fsp3) is 0.357. The minimum Gasteiger partial charge on any atom is -0.487 e. The van der Waals surface area contributed by atoms with Gasteiger partial charge in [0.15, 0.2) is 35.6 Å². The minimum atomic E-state index is 0.271. The van der Waals surface area contributed by atoms with Crippen LogP contribution in [0.4, 0.5) is 0 Å². The number of hydrogen-bond acceptors (Lipinski definition) is 9. The van der Waals surface area contributed by atoms with E-state index in [0.29, 0.717) is 87.0 Å². The summed E-state index contributed by atoms with van der Waals surface area (Å²) in [5, 5.41) is 0. The maximum Gasteiger partial charge on any atom is 0.172 e. The summed E-state index contributed by atoms with van der Waals surface area (Å²) in [5.41, 5.74) is 0.827. The standard InChI is InChI=1S/C28H34O9/c1-3-11-36-27-23(21-29)7-5-9-25(27)34-19-17-32-15-13-31-14-16-33-18-20-35-26-10-6-8-24(22-30)28(26)37-12-4-2/h3-10,21-22H,1-2,11-20H2.